The summed E-state index contributed by atoms with van der Waals surface area (Å²) in [4.78, 5) is 15.5. The standard InChI is InChI=1S/C21H28N2O4S.ClH/c1-2-14-10-16-7-8-19(28(25)26)27-20(16)18(11-14)21(24)22-12-17-4-3-9-23(17)13-15-5-6-15;/h10-11,15,17H,2-9,12-13H2,1H3,(H,22,24);1H. The molecule has 4 rings (SSSR count). The molecule has 1 unspecified atom stereocenters. The highest BCUT2D eigenvalue weighted by molar-refractivity contribution is 7.72. The molecule has 1 aromatic rings. The lowest BCUT2D eigenvalue weighted by Crippen LogP contribution is -2.41. The fraction of sp³-hybridized carbons (Fsp3) is 0.619. The first-order valence-electron chi connectivity index (χ1n) is 10.4. The molecule has 1 amide bonds. The molecule has 2 aliphatic heterocycles. The molecule has 8 heteroatoms. The summed E-state index contributed by atoms with van der Waals surface area (Å²) in [6.45, 7) is 4.94. The average Bonchev–Trinajstić information content (AvgIpc) is 3.41. The summed E-state index contributed by atoms with van der Waals surface area (Å²) < 4.78 is 28.3. The maximum Gasteiger partial charge on any atom is 0.255 e. The van der Waals surface area contributed by atoms with E-state index in [-0.39, 0.29) is 23.4 Å². The Hall–Kier alpha value is -1.57. The van der Waals surface area contributed by atoms with Gasteiger partial charge in [0.2, 0.25) is 5.05 Å². The van der Waals surface area contributed by atoms with Gasteiger partial charge in [-0.2, -0.15) is 8.42 Å². The van der Waals surface area contributed by atoms with Crippen molar-refractivity contribution in [1.29, 1.82) is 0 Å². The van der Waals surface area contributed by atoms with Gasteiger partial charge in [-0.25, -0.2) is 0 Å². The van der Waals surface area contributed by atoms with Crippen molar-refractivity contribution in [2.45, 2.75) is 57.9 Å². The molecule has 3 aliphatic rings. The summed E-state index contributed by atoms with van der Waals surface area (Å²) in [5.41, 5.74) is 2.43. The van der Waals surface area contributed by atoms with Crippen molar-refractivity contribution >= 4 is 33.7 Å². The zero-order valence-electron chi connectivity index (χ0n) is 16.8. The Labute approximate surface area is 179 Å². The summed E-state index contributed by atoms with van der Waals surface area (Å²) in [6.07, 6.45) is 6.70. The number of nitrogens with zero attached hydrogens (tertiary/aromatic N) is 1. The number of likely N-dealkylation sites (tertiary alicyclic amines) is 1. The van der Waals surface area contributed by atoms with Crippen LogP contribution in [0.15, 0.2) is 12.1 Å². The molecule has 0 bridgehead atoms. The minimum Gasteiger partial charge on any atom is -0.444 e. The third kappa shape index (κ3) is 5.13. The van der Waals surface area contributed by atoms with Crippen LogP contribution in [-0.4, -0.2) is 50.0 Å². The van der Waals surface area contributed by atoms with Gasteiger partial charge in [-0.05, 0) is 68.2 Å². The van der Waals surface area contributed by atoms with Crippen molar-refractivity contribution in [3.63, 3.8) is 0 Å². The number of fused-ring (bicyclic) bond motifs is 1. The second-order valence-corrected chi connectivity index (χ2v) is 9.06. The van der Waals surface area contributed by atoms with Crippen LogP contribution in [0.4, 0.5) is 0 Å². The Morgan fingerprint density at radius 1 is 1.24 bits per heavy atom. The molecule has 1 N–H and O–H groups in total. The number of hydrogen-bond donors (Lipinski definition) is 1. The first-order valence-corrected chi connectivity index (χ1v) is 11.4. The van der Waals surface area contributed by atoms with E-state index >= 15 is 0 Å². The number of hydrogen-bond acceptors (Lipinski definition) is 5. The number of carbonyl (C=O) groups excluding carboxylic acids is 1. The Kier molecular flexibility index (Phi) is 7.24. The van der Waals surface area contributed by atoms with Gasteiger partial charge in [0.1, 0.15) is 5.75 Å². The van der Waals surface area contributed by atoms with Crippen molar-refractivity contribution in [2.24, 2.45) is 5.92 Å². The number of amides is 1. The summed E-state index contributed by atoms with van der Waals surface area (Å²) in [5, 5.41) is 3.10. The SMILES string of the molecule is CCc1cc2c(c(C(=O)NCC3CCCN3CC3CC3)c1)OC(=S(=O)=O)CC2.Cl. The Balaban J connectivity index is 0.00000240. The number of benzene rings is 1. The van der Waals surface area contributed by atoms with Crippen LogP contribution in [0.1, 0.15) is 60.5 Å². The number of rotatable bonds is 6. The molecule has 29 heavy (non-hydrogen) atoms. The largest absolute Gasteiger partial charge is 0.444 e. The molecule has 0 radical (unpaired) electrons. The molecule has 160 valence electrons. The number of aryl methyl sites for hydroxylation is 2. The average molecular weight is 441 g/mol. The van der Waals surface area contributed by atoms with E-state index in [1.165, 1.54) is 19.3 Å². The highest BCUT2D eigenvalue weighted by Crippen LogP contribution is 2.33. The zero-order chi connectivity index (χ0) is 19.7. The topological polar surface area (TPSA) is 75.7 Å². The second kappa shape index (κ2) is 9.49. The highest BCUT2D eigenvalue weighted by atomic mass is 35.5. The van der Waals surface area contributed by atoms with Crippen LogP contribution >= 0.6 is 12.4 Å². The van der Waals surface area contributed by atoms with Crippen LogP contribution in [0, 0.1) is 5.92 Å². The van der Waals surface area contributed by atoms with E-state index in [9.17, 15) is 13.2 Å². The van der Waals surface area contributed by atoms with Gasteiger partial charge < -0.3 is 10.1 Å². The minimum atomic E-state index is -2.39. The molecule has 2 heterocycles. The zero-order valence-corrected chi connectivity index (χ0v) is 18.4. The molecule has 1 saturated carbocycles. The summed E-state index contributed by atoms with van der Waals surface area (Å²) >= 11 is 0. The predicted molar refractivity (Wildman–Crippen MR) is 116 cm³/mol. The normalized spacial score (nSPS) is 21.1. The number of nitrogens with one attached hydrogen (secondary N) is 1. The monoisotopic (exact) mass is 440 g/mol. The lowest BCUT2D eigenvalue weighted by Gasteiger charge is -2.25. The van der Waals surface area contributed by atoms with Crippen LogP contribution in [0.5, 0.6) is 5.75 Å². The first-order chi connectivity index (χ1) is 13.5. The van der Waals surface area contributed by atoms with Crippen molar-refractivity contribution in [2.75, 3.05) is 19.6 Å². The molecule has 0 spiro atoms. The van der Waals surface area contributed by atoms with Crippen molar-refractivity contribution in [1.82, 2.24) is 10.2 Å². The highest BCUT2D eigenvalue weighted by Gasteiger charge is 2.31. The predicted octanol–water partition coefficient (Wildman–Crippen LogP) is 2.61. The van der Waals surface area contributed by atoms with E-state index < -0.39 is 10.3 Å². The van der Waals surface area contributed by atoms with Gasteiger partial charge in [-0.1, -0.05) is 13.0 Å². The first kappa shape index (κ1) is 22.1. The Morgan fingerprint density at radius 3 is 2.72 bits per heavy atom. The molecule has 1 atom stereocenters. The molecule has 2 fully saturated rings. The molecule has 1 aromatic carbocycles. The summed E-state index contributed by atoms with van der Waals surface area (Å²) in [7, 11) is -2.39. The molecule has 6 nitrogen and oxygen atoms in total. The van der Waals surface area contributed by atoms with E-state index in [1.54, 1.807) is 0 Å². The van der Waals surface area contributed by atoms with Crippen LogP contribution in [0.2, 0.25) is 0 Å². The maximum absolute atomic E-state index is 13.0. The lowest BCUT2D eigenvalue weighted by atomic mass is 9.97. The quantitative estimate of drug-likeness (QED) is 0.688. The van der Waals surface area contributed by atoms with Crippen LogP contribution in [0.3, 0.4) is 0 Å². The molecule has 0 aromatic heterocycles. The number of halogens is 1. The van der Waals surface area contributed by atoms with E-state index in [2.05, 4.69) is 10.2 Å². The van der Waals surface area contributed by atoms with Gasteiger partial charge in [0.05, 0.1) is 5.56 Å². The van der Waals surface area contributed by atoms with E-state index in [1.807, 2.05) is 19.1 Å². The van der Waals surface area contributed by atoms with Gasteiger partial charge in [0.15, 0.2) is 0 Å². The minimum absolute atomic E-state index is 0. The molecule has 1 aliphatic carbocycles. The fourth-order valence-electron chi connectivity index (χ4n) is 4.26. The maximum atomic E-state index is 13.0. The van der Waals surface area contributed by atoms with Gasteiger partial charge >= 0.3 is 0 Å². The Morgan fingerprint density at radius 2 is 2.03 bits per heavy atom. The van der Waals surface area contributed by atoms with E-state index in [4.69, 9.17) is 4.74 Å². The van der Waals surface area contributed by atoms with Crippen LogP contribution in [0.25, 0.3) is 0 Å². The third-order valence-corrected chi connectivity index (χ3v) is 6.72. The molecule has 1 saturated heterocycles. The fourth-order valence-corrected chi connectivity index (χ4v) is 4.68. The van der Waals surface area contributed by atoms with Crippen LogP contribution in [-0.2, 0) is 23.1 Å². The Bertz CT molecular complexity index is 904. The number of ether oxygens (including phenoxy) is 1. The number of carbonyl (C=O) groups is 1. The summed E-state index contributed by atoms with van der Waals surface area (Å²) in [6, 6.07) is 4.25. The van der Waals surface area contributed by atoms with Gasteiger partial charge in [-0.3, -0.25) is 9.69 Å². The molecular weight excluding hydrogens is 412 g/mol. The summed E-state index contributed by atoms with van der Waals surface area (Å²) in [5.74, 6) is 1.07. The van der Waals surface area contributed by atoms with Crippen molar-refractivity contribution in [3.05, 3.63) is 28.8 Å². The van der Waals surface area contributed by atoms with Crippen LogP contribution < -0.4 is 10.1 Å². The van der Waals surface area contributed by atoms with Gasteiger partial charge in [-0.15, -0.1) is 12.4 Å². The van der Waals surface area contributed by atoms with Gasteiger partial charge in [0.25, 0.3) is 16.2 Å². The van der Waals surface area contributed by atoms with E-state index in [0.717, 1.165) is 43.0 Å². The third-order valence-electron chi connectivity index (χ3n) is 6.07. The second-order valence-electron chi connectivity index (χ2n) is 8.14. The van der Waals surface area contributed by atoms with E-state index in [0.29, 0.717) is 36.7 Å². The smallest absolute Gasteiger partial charge is 0.255 e. The van der Waals surface area contributed by atoms with Gasteiger partial charge in [0, 0.05) is 25.6 Å². The molecular formula is C21H29ClN2O4S. The van der Waals surface area contributed by atoms with Crippen molar-refractivity contribution in [3.8, 4) is 5.75 Å². The lowest BCUT2D eigenvalue weighted by molar-refractivity contribution is 0.0938. The van der Waals surface area contributed by atoms with Crippen molar-refractivity contribution < 1.29 is 17.9 Å².